The number of aliphatic carboxylic acids is 1. The molecule has 0 bridgehead atoms. The molecule has 6 nitrogen and oxygen atoms in total. The van der Waals surface area contributed by atoms with E-state index in [4.69, 9.17) is 4.42 Å². The lowest BCUT2D eigenvalue weighted by molar-refractivity contribution is -0.308. The van der Waals surface area contributed by atoms with Crippen LogP contribution in [-0.4, -0.2) is 22.9 Å². The molecule has 3 aromatic rings. The Morgan fingerprint density at radius 2 is 2.04 bits per heavy atom. The third-order valence-electron chi connectivity index (χ3n) is 3.65. The molecule has 3 rings (SSSR count). The summed E-state index contributed by atoms with van der Waals surface area (Å²) in [7, 11) is 0. The van der Waals surface area contributed by atoms with Gasteiger partial charge in [0, 0.05) is 23.5 Å². The number of aryl methyl sites for hydroxylation is 1. The Balaban J connectivity index is 1.79. The third kappa shape index (κ3) is 3.11. The van der Waals surface area contributed by atoms with Crippen molar-refractivity contribution < 1.29 is 19.1 Å². The van der Waals surface area contributed by atoms with E-state index in [1.807, 2.05) is 24.3 Å². The lowest BCUT2D eigenvalue weighted by Crippen LogP contribution is -2.49. The van der Waals surface area contributed by atoms with E-state index in [1.165, 1.54) is 6.07 Å². The van der Waals surface area contributed by atoms with Gasteiger partial charge in [-0.3, -0.25) is 4.79 Å². The predicted octanol–water partition coefficient (Wildman–Crippen LogP) is 1.16. The van der Waals surface area contributed by atoms with Crippen LogP contribution in [0.1, 0.15) is 21.9 Å². The molecule has 0 saturated heterocycles. The molecule has 6 heteroatoms. The number of para-hydroxylation sites is 1. The number of H-pyrrole nitrogens is 1. The molecule has 118 valence electrons. The SMILES string of the molecule is Cc1ccc(C(=O)N[C@H](Cc2c[nH]c3ccccc23)C(=O)[O-])o1. The van der Waals surface area contributed by atoms with Crippen molar-refractivity contribution in [1.82, 2.24) is 10.3 Å². The van der Waals surface area contributed by atoms with Crippen molar-refractivity contribution in [2.24, 2.45) is 0 Å². The summed E-state index contributed by atoms with van der Waals surface area (Å²) in [6.45, 7) is 1.71. The highest BCUT2D eigenvalue weighted by atomic mass is 16.4. The Morgan fingerprint density at radius 3 is 2.74 bits per heavy atom. The van der Waals surface area contributed by atoms with E-state index in [0.29, 0.717) is 5.76 Å². The van der Waals surface area contributed by atoms with Crippen molar-refractivity contribution in [1.29, 1.82) is 0 Å². The second-order valence-corrected chi connectivity index (χ2v) is 5.32. The Morgan fingerprint density at radius 1 is 1.26 bits per heavy atom. The number of carbonyl (C=O) groups is 2. The highest BCUT2D eigenvalue weighted by Gasteiger charge is 2.19. The van der Waals surface area contributed by atoms with Crippen LogP contribution in [0.3, 0.4) is 0 Å². The first-order chi connectivity index (χ1) is 11.0. The largest absolute Gasteiger partial charge is 0.548 e. The first kappa shape index (κ1) is 14.9. The summed E-state index contributed by atoms with van der Waals surface area (Å²) in [4.78, 5) is 26.5. The summed E-state index contributed by atoms with van der Waals surface area (Å²) >= 11 is 0. The van der Waals surface area contributed by atoms with E-state index in [9.17, 15) is 14.7 Å². The van der Waals surface area contributed by atoms with Crippen molar-refractivity contribution in [3.05, 3.63) is 59.7 Å². The number of carbonyl (C=O) groups excluding carboxylic acids is 2. The highest BCUT2D eigenvalue weighted by molar-refractivity contribution is 5.94. The van der Waals surface area contributed by atoms with Crippen LogP contribution in [0.25, 0.3) is 10.9 Å². The summed E-state index contributed by atoms with van der Waals surface area (Å²) in [5, 5.41) is 14.7. The molecule has 0 aliphatic heterocycles. The smallest absolute Gasteiger partial charge is 0.287 e. The molecule has 0 radical (unpaired) electrons. The fourth-order valence-electron chi connectivity index (χ4n) is 2.50. The number of rotatable bonds is 5. The number of hydrogen-bond donors (Lipinski definition) is 2. The number of benzene rings is 1. The standard InChI is InChI=1S/C17H16N2O4/c1-10-6-7-15(23-10)16(20)19-14(17(21)22)8-11-9-18-13-5-3-2-4-12(11)13/h2-7,9,14,18H,8H2,1H3,(H,19,20)(H,21,22)/p-1/t14-/m1/s1. The average Bonchev–Trinajstić information content (AvgIpc) is 3.13. The van der Waals surface area contributed by atoms with Gasteiger partial charge >= 0.3 is 0 Å². The molecule has 0 saturated carbocycles. The maximum absolute atomic E-state index is 12.1. The second-order valence-electron chi connectivity index (χ2n) is 5.32. The number of furan rings is 1. The monoisotopic (exact) mass is 311 g/mol. The van der Waals surface area contributed by atoms with Crippen LogP contribution in [0.15, 0.2) is 47.0 Å². The van der Waals surface area contributed by atoms with E-state index in [-0.39, 0.29) is 12.2 Å². The number of hydrogen-bond acceptors (Lipinski definition) is 4. The molecule has 2 aromatic heterocycles. The van der Waals surface area contributed by atoms with Crippen molar-refractivity contribution in [2.45, 2.75) is 19.4 Å². The number of amides is 1. The summed E-state index contributed by atoms with van der Waals surface area (Å²) < 4.78 is 5.20. The zero-order valence-electron chi connectivity index (χ0n) is 12.5. The number of carboxylic acids is 1. The highest BCUT2D eigenvalue weighted by Crippen LogP contribution is 2.19. The van der Waals surface area contributed by atoms with E-state index >= 15 is 0 Å². The minimum absolute atomic E-state index is 0.0766. The molecule has 1 atom stereocenters. The second kappa shape index (κ2) is 6.00. The number of aromatic nitrogens is 1. The Hall–Kier alpha value is -3.02. The van der Waals surface area contributed by atoms with Gasteiger partial charge in [0.15, 0.2) is 5.76 Å². The zero-order chi connectivity index (χ0) is 16.4. The fourth-order valence-corrected chi connectivity index (χ4v) is 2.50. The first-order valence-corrected chi connectivity index (χ1v) is 7.18. The lowest BCUT2D eigenvalue weighted by atomic mass is 10.0. The zero-order valence-corrected chi connectivity index (χ0v) is 12.5. The molecular formula is C17H15N2O4-. The van der Waals surface area contributed by atoms with Gasteiger partial charge in [0.25, 0.3) is 5.91 Å². The summed E-state index contributed by atoms with van der Waals surface area (Å²) in [5.74, 6) is -1.26. The molecule has 1 aromatic carbocycles. The maximum atomic E-state index is 12.1. The van der Waals surface area contributed by atoms with Gasteiger partial charge < -0.3 is 24.6 Å². The van der Waals surface area contributed by atoms with Crippen LogP contribution in [0.2, 0.25) is 0 Å². The summed E-state index contributed by atoms with van der Waals surface area (Å²) in [5.41, 5.74) is 1.71. The molecule has 0 fully saturated rings. The topological polar surface area (TPSA) is 98.2 Å². The maximum Gasteiger partial charge on any atom is 0.287 e. The van der Waals surface area contributed by atoms with Gasteiger partial charge in [-0.25, -0.2) is 0 Å². The predicted molar refractivity (Wildman–Crippen MR) is 81.7 cm³/mol. The van der Waals surface area contributed by atoms with E-state index < -0.39 is 17.9 Å². The quantitative estimate of drug-likeness (QED) is 0.738. The van der Waals surface area contributed by atoms with Crippen LogP contribution in [0.5, 0.6) is 0 Å². The Kier molecular flexibility index (Phi) is 3.89. The van der Waals surface area contributed by atoms with Crippen molar-refractivity contribution >= 4 is 22.8 Å². The number of nitrogens with one attached hydrogen (secondary N) is 2. The minimum atomic E-state index is -1.34. The number of aromatic amines is 1. The van der Waals surface area contributed by atoms with E-state index in [1.54, 1.807) is 19.2 Å². The average molecular weight is 311 g/mol. The molecule has 0 aliphatic carbocycles. The molecule has 0 aliphatic rings. The summed E-state index contributed by atoms with van der Waals surface area (Å²) in [6, 6.07) is 9.55. The van der Waals surface area contributed by atoms with Gasteiger partial charge in [0.2, 0.25) is 0 Å². The molecule has 0 spiro atoms. The molecule has 2 N–H and O–H groups in total. The first-order valence-electron chi connectivity index (χ1n) is 7.18. The van der Waals surface area contributed by atoms with Gasteiger partial charge in [-0.2, -0.15) is 0 Å². The Labute approximate surface area is 132 Å². The normalized spacial score (nSPS) is 12.2. The molecule has 2 heterocycles. The molecule has 0 unspecified atom stereocenters. The van der Waals surface area contributed by atoms with Crippen LogP contribution >= 0.6 is 0 Å². The Bertz CT molecular complexity index is 862. The number of fused-ring (bicyclic) bond motifs is 1. The lowest BCUT2D eigenvalue weighted by Gasteiger charge is -2.18. The van der Waals surface area contributed by atoms with Gasteiger partial charge in [-0.05, 0) is 30.7 Å². The van der Waals surface area contributed by atoms with Gasteiger partial charge in [-0.1, -0.05) is 18.2 Å². The van der Waals surface area contributed by atoms with Crippen LogP contribution < -0.4 is 10.4 Å². The number of carboxylic acid groups (broad SMARTS) is 1. The summed E-state index contributed by atoms with van der Waals surface area (Å²) in [6.07, 6.45) is 1.86. The van der Waals surface area contributed by atoms with E-state index in [2.05, 4.69) is 10.3 Å². The van der Waals surface area contributed by atoms with Crippen molar-refractivity contribution in [3.63, 3.8) is 0 Å². The molecule has 23 heavy (non-hydrogen) atoms. The molecular weight excluding hydrogens is 296 g/mol. The van der Waals surface area contributed by atoms with E-state index in [0.717, 1.165) is 16.5 Å². The third-order valence-corrected chi connectivity index (χ3v) is 3.65. The van der Waals surface area contributed by atoms with Crippen molar-refractivity contribution in [2.75, 3.05) is 0 Å². The van der Waals surface area contributed by atoms with Crippen LogP contribution in [0, 0.1) is 6.92 Å². The van der Waals surface area contributed by atoms with Crippen molar-refractivity contribution in [3.8, 4) is 0 Å². The van der Waals surface area contributed by atoms with Gasteiger partial charge in [-0.15, -0.1) is 0 Å². The van der Waals surface area contributed by atoms with Crippen LogP contribution in [0.4, 0.5) is 0 Å². The fraction of sp³-hybridized carbons (Fsp3) is 0.176. The van der Waals surface area contributed by atoms with Gasteiger partial charge in [0.05, 0.1) is 12.0 Å². The van der Waals surface area contributed by atoms with Gasteiger partial charge in [0.1, 0.15) is 5.76 Å². The minimum Gasteiger partial charge on any atom is -0.548 e. The molecule has 1 amide bonds. The van der Waals surface area contributed by atoms with Crippen LogP contribution in [-0.2, 0) is 11.2 Å².